The van der Waals surface area contributed by atoms with Crippen LogP contribution in [0.2, 0.25) is 0 Å². The largest absolute Gasteiger partial charge is 0.492 e. The lowest BCUT2D eigenvalue weighted by atomic mass is 10.3. The highest BCUT2D eigenvalue weighted by Gasteiger charge is 2.12. The minimum absolute atomic E-state index is 0.128. The average Bonchev–Trinajstić information content (AvgIpc) is 2.89. The van der Waals surface area contributed by atoms with Crippen molar-refractivity contribution < 1.29 is 4.74 Å². The molecule has 0 amide bonds. The number of rotatable bonds is 3. The van der Waals surface area contributed by atoms with Crippen LogP contribution in [0.3, 0.4) is 0 Å². The minimum atomic E-state index is -0.128. The first-order valence-electron chi connectivity index (χ1n) is 6.17. The molecule has 3 rings (SSSR count). The number of hydrogen-bond donors (Lipinski definition) is 1. The van der Waals surface area contributed by atoms with Crippen LogP contribution in [0.5, 0.6) is 5.75 Å². The Balaban J connectivity index is 2.35. The Labute approximate surface area is 124 Å². The Hall–Kier alpha value is -1.92. The molecule has 0 saturated heterocycles. The zero-order chi connectivity index (χ0) is 14.1. The predicted octanol–water partition coefficient (Wildman–Crippen LogP) is 3.51. The van der Waals surface area contributed by atoms with Gasteiger partial charge in [0.15, 0.2) is 4.77 Å². The molecule has 0 fully saturated rings. The molecule has 0 spiro atoms. The summed E-state index contributed by atoms with van der Waals surface area (Å²) >= 11 is 6.78. The summed E-state index contributed by atoms with van der Waals surface area (Å²) in [6.07, 6.45) is 0. The van der Waals surface area contributed by atoms with Crippen molar-refractivity contribution in [1.82, 2.24) is 9.55 Å². The van der Waals surface area contributed by atoms with Crippen molar-refractivity contribution in [3.63, 3.8) is 0 Å². The van der Waals surface area contributed by atoms with E-state index in [-0.39, 0.29) is 5.56 Å². The van der Waals surface area contributed by atoms with Gasteiger partial charge in [0.05, 0.1) is 17.7 Å². The van der Waals surface area contributed by atoms with Gasteiger partial charge in [0.25, 0.3) is 5.56 Å². The molecule has 4 nitrogen and oxygen atoms in total. The molecule has 2 heterocycles. The van der Waals surface area contributed by atoms with Gasteiger partial charge in [0, 0.05) is 0 Å². The zero-order valence-electron chi connectivity index (χ0n) is 10.8. The number of aromatic amines is 1. The summed E-state index contributed by atoms with van der Waals surface area (Å²) in [4.78, 5) is 16.5. The van der Waals surface area contributed by atoms with Gasteiger partial charge in [-0.05, 0) is 42.7 Å². The van der Waals surface area contributed by atoms with E-state index in [2.05, 4.69) is 4.98 Å². The van der Waals surface area contributed by atoms with Gasteiger partial charge in [0.1, 0.15) is 10.6 Å². The Morgan fingerprint density at radius 2 is 2.15 bits per heavy atom. The number of ether oxygens (including phenoxy) is 1. The summed E-state index contributed by atoms with van der Waals surface area (Å²) < 4.78 is 7.43. The van der Waals surface area contributed by atoms with Gasteiger partial charge in [-0.2, -0.15) is 0 Å². The number of hydrogen-bond acceptors (Lipinski definition) is 4. The lowest BCUT2D eigenvalue weighted by molar-refractivity contribution is 0.339. The van der Waals surface area contributed by atoms with E-state index in [9.17, 15) is 4.79 Å². The molecular formula is C14H12N2O2S2. The Kier molecular flexibility index (Phi) is 3.42. The third-order valence-electron chi connectivity index (χ3n) is 2.93. The number of nitrogens with zero attached hydrogens (tertiary/aromatic N) is 1. The van der Waals surface area contributed by atoms with Crippen molar-refractivity contribution in [2.45, 2.75) is 6.92 Å². The molecule has 0 atom stereocenters. The molecule has 102 valence electrons. The summed E-state index contributed by atoms with van der Waals surface area (Å²) in [6, 6.07) is 9.19. The SMILES string of the molecule is CCOc1ccccc1-n1c(=S)[nH]c2sccc2c1=O. The monoisotopic (exact) mass is 304 g/mol. The van der Waals surface area contributed by atoms with Crippen LogP contribution >= 0.6 is 23.6 Å². The van der Waals surface area contributed by atoms with E-state index in [1.807, 2.05) is 36.6 Å². The molecule has 0 aliphatic rings. The lowest BCUT2D eigenvalue weighted by Crippen LogP contribution is -2.20. The molecule has 0 aliphatic heterocycles. The van der Waals surface area contributed by atoms with Gasteiger partial charge in [-0.1, -0.05) is 12.1 Å². The molecule has 2 aromatic heterocycles. The van der Waals surface area contributed by atoms with E-state index >= 15 is 0 Å². The van der Waals surface area contributed by atoms with Crippen LogP contribution in [-0.2, 0) is 0 Å². The van der Waals surface area contributed by atoms with Crippen LogP contribution in [0.4, 0.5) is 0 Å². The maximum Gasteiger partial charge on any atom is 0.267 e. The minimum Gasteiger partial charge on any atom is -0.492 e. The average molecular weight is 304 g/mol. The normalized spacial score (nSPS) is 10.8. The fraction of sp³-hybridized carbons (Fsp3) is 0.143. The number of thiophene rings is 1. The van der Waals surface area contributed by atoms with E-state index < -0.39 is 0 Å². The lowest BCUT2D eigenvalue weighted by Gasteiger charge is -2.12. The highest BCUT2D eigenvalue weighted by Crippen LogP contribution is 2.23. The van der Waals surface area contributed by atoms with Gasteiger partial charge in [-0.15, -0.1) is 11.3 Å². The van der Waals surface area contributed by atoms with Crippen LogP contribution in [0, 0.1) is 4.77 Å². The molecule has 1 aromatic carbocycles. The first kappa shape index (κ1) is 13.1. The summed E-state index contributed by atoms with van der Waals surface area (Å²) in [7, 11) is 0. The smallest absolute Gasteiger partial charge is 0.267 e. The number of fused-ring (bicyclic) bond motifs is 1. The first-order valence-corrected chi connectivity index (χ1v) is 7.46. The van der Waals surface area contributed by atoms with Crippen LogP contribution in [0.15, 0.2) is 40.5 Å². The molecule has 1 N–H and O–H groups in total. The third-order valence-corrected chi connectivity index (χ3v) is 4.04. The Morgan fingerprint density at radius 1 is 1.35 bits per heavy atom. The van der Waals surface area contributed by atoms with E-state index in [1.165, 1.54) is 15.9 Å². The quantitative estimate of drug-likeness (QED) is 0.753. The maximum absolute atomic E-state index is 12.6. The van der Waals surface area contributed by atoms with Gasteiger partial charge in [0.2, 0.25) is 0 Å². The molecule has 0 bridgehead atoms. The predicted molar refractivity (Wildman–Crippen MR) is 83.8 cm³/mol. The van der Waals surface area contributed by atoms with Gasteiger partial charge in [-0.3, -0.25) is 4.79 Å². The molecule has 3 aromatic rings. The van der Waals surface area contributed by atoms with Crippen molar-refractivity contribution in [3.8, 4) is 11.4 Å². The second-order valence-electron chi connectivity index (χ2n) is 4.13. The Bertz CT molecular complexity index is 877. The number of nitrogens with one attached hydrogen (secondary N) is 1. The highest BCUT2D eigenvalue weighted by atomic mass is 32.1. The number of benzene rings is 1. The van der Waals surface area contributed by atoms with Gasteiger partial charge < -0.3 is 9.72 Å². The molecule has 20 heavy (non-hydrogen) atoms. The topological polar surface area (TPSA) is 47.0 Å². The fourth-order valence-corrected chi connectivity index (χ4v) is 3.20. The van der Waals surface area contributed by atoms with Crippen molar-refractivity contribution >= 4 is 33.8 Å². The summed E-state index contributed by atoms with van der Waals surface area (Å²) in [5.41, 5.74) is 0.533. The molecule has 0 radical (unpaired) electrons. The molecule has 0 aliphatic carbocycles. The highest BCUT2D eigenvalue weighted by molar-refractivity contribution is 7.71. The van der Waals surface area contributed by atoms with Crippen LogP contribution in [0.1, 0.15) is 6.92 Å². The fourth-order valence-electron chi connectivity index (χ4n) is 2.08. The second-order valence-corrected chi connectivity index (χ2v) is 5.44. The summed E-state index contributed by atoms with van der Waals surface area (Å²) in [5.74, 6) is 0.645. The maximum atomic E-state index is 12.6. The Morgan fingerprint density at radius 3 is 2.95 bits per heavy atom. The number of H-pyrrole nitrogens is 1. The van der Waals surface area contributed by atoms with Gasteiger partial charge >= 0.3 is 0 Å². The molecule has 0 unspecified atom stereocenters. The van der Waals surface area contributed by atoms with Crippen LogP contribution in [-0.4, -0.2) is 16.2 Å². The van der Waals surface area contributed by atoms with Crippen molar-refractivity contribution in [3.05, 3.63) is 50.8 Å². The zero-order valence-corrected chi connectivity index (χ0v) is 12.4. The van der Waals surface area contributed by atoms with E-state index in [4.69, 9.17) is 17.0 Å². The first-order chi connectivity index (χ1) is 9.72. The van der Waals surface area contributed by atoms with Gasteiger partial charge in [-0.25, -0.2) is 4.57 Å². The molecule has 6 heteroatoms. The third kappa shape index (κ3) is 2.07. The molecular weight excluding hydrogens is 292 g/mol. The number of aromatic nitrogens is 2. The van der Waals surface area contributed by atoms with E-state index in [0.717, 1.165) is 4.83 Å². The molecule has 0 saturated carbocycles. The van der Waals surface area contributed by atoms with E-state index in [0.29, 0.717) is 28.2 Å². The standard InChI is InChI=1S/C14H12N2O2S2/c1-2-18-11-6-4-3-5-10(11)16-13(17)9-7-8-20-12(9)15-14(16)19/h3-8H,2H2,1H3,(H,15,19). The van der Waals surface area contributed by atoms with Crippen molar-refractivity contribution in [1.29, 1.82) is 0 Å². The van der Waals surface area contributed by atoms with Crippen molar-refractivity contribution in [2.75, 3.05) is 6.61 Å². The van der Waals surface area contributed by atoms with Crippen molar-refractivity contribution in [2.24, 2.45) is 0 Å². The summed E-state index contributed by atoms with van der Waals surface area (Å²) in [6.45, 7) is 2.44. The second kappa shape index (κ2) is 5.22. The van der Waals surface area contributed by atoms with Crippen LogP contribution in [0.25, 0.3) is 15.9 Å². The summed E-state index contributed by atoms with van der Waals surface area (Å²) in [5, 5.41) is 2.51. The van der Waals surface area contributed by atoms with E-state index in [1.54, 1.807) is 6.07 Å². The van der Waals surface area contributed by atoms with Crippen LogP contribution < -0.4 is 10.3 Å². The number of para-hydroxylation sites is 2.